The van der Waals surface area contributed by atoms with E-state index in [-0.39, 0.29) is 41.8 Å². The van der Waals surface area contributed by atoms with Crippen molar-refractivity contribution in [2.24, 2.45) is 34.5 Å². The standard InChI is InChI=1S/C37H56O15/c1-17-31(52-34-30(44)32(46-4)27(41)24(14-38)51-34)28(42)29(43)33(49-17)50-20-7-9-35(2)19(12-20)5-6-22-21(35)8-10-36(3)26(18-11-25(40)47-15-18)23(48-16-39)13-37(22,36)45/h11,16-17,19-24,26-34,38,41-45H,5-10,12-15H2,1-4H3/t17-,19-,20-,21+,22+,23-,24-,26+,27-,28-,29-,30-,31-,32+,33+,34+,35+,36-,37+/m0/s1. The summed E-state index contributed by atoms with van der Waals surface area (Å²) in [6.45, 7) is 6.11. The summed E-state index contributed by atoms with van der Waals surface area (Å²) in [4.78, 5) is 23.6. The van der Waals surface area contributed by atoms with Crippen LogP contribution in [-0.4, -0.2) is 143 Å². The van der Waals surface area contributed by atoms with Gasteiger partial charge < -0.3 is 63.8 Å². The van der Waals surface area contributed by atoms with E-state index in [0.29, 0.717) is 19.3 Å². The highest BCUT2D eigenvalue weighted by Crippen LogP contribution is 2.70. The summed E-state index contributed by atoms with van der Waals surface area (Å²) in [5, 5.41) is 65.8. The topological polar surface area (TPSA) is 220 Å². The van der Waals surface area contributed by atoms with Crippen molar-refractivity contribution in [2.45, 2.75) is 151 Å². The second-order valence-electron chi connectivity index (χ2n) is 16.9. The minimum atomic E-state index is -1.47. The molecule has 0 amide bonds. The van der Waals surface area contributed by atoms with Crippen molar-refractivity contribution in [3.8, 4) is 0 Å². The van der Waals surface area contributed by atoms with Gasteiger partial charge in [0, 0.05) is 30.9 Å². The van der Waals surface area contributed by atoms with E-state index >= 15 is 0 Å². The van der Waals surface area contributed by atoms with Crippen molar-refractivity contribution in [3.05, 3.63) is 11.6 Å². The molecule has 0 spiro atoms. The van der Waals surface area contributed by atoms with Gasteiger partial charge in [-0.3, -0.25) is 4.79 Å². The lowest BCUT2D eigenvalue weighted by atomic mass is 9.43. The average molecular weight is 741 g/mol. The van der Waals surface area contributed by atoms with Crippen molar-refractivity contribution >= 4 is 12.4 Å². The summed E-state index contributed by atoms with van der Waals surface area (Å²) in [6, 6.07) is 0. The van der Waals surface area contributed by atoms with E-state index in [1.54, 1.807) is 6.92 Å². The largest absolute Gasteiger partial charge is 0.464 e. The molecule has 4 aliphatic carbocycles. The number of fused-ring (bicyclic) bond motifs is 5. The molecule has 0 bridgehead atoms. The van der Waals surface area contributed by atoms with E-state index in [4.69, 9.17) is 33.2 Å². The number of hydrogen-bond acceptors (Lipinski definition) is 15. The number of carbonyl (C=O) groups is 2. The maximum atomic E-state index is 12.7. The lowest BCUT2D eigenvalue weighted by molar-refractivity contribution is -0.361. The molecule has 0 radical (unpaired) electrons. The molecule has 4 saturated carbocycles. The smallest absolute Gasteiger partial charge is 0.331 e. The molecule has 19 atom stereocenters. The summed E-state index contributed by atoms with van der Waals surface area (Å²) in [5.41, 5.74) is -0.976. The van der Waals surface area contributed by atoms with Gasteiger partial charge in [0.1, 0.15) is 55.4 Å². The van der Waals surface area contributed by atoms with Crippen molar-refractivity contribution in [2.75, 3.05) is 20.3 Å². The van der Waals surface area contributed by atoms with E-state index < -0.39 is 91.1 Å². The number of esters is 1. The van der Waals surface area contributed by atoms with Crippen molar-refractivity contribution in [1.29, 1.82) is 0 Å². The number of cyclic esters (lactones) is 1. The van der Waals surface area contributed by atoms with Gasteiger partial charge in [0.25, 0.3) is 6.47 Å². The third-order valence-electron chi connectivity index (χ3n) is 14.6. The molecule has 15 heteroatoms. The van der Waals surface area contributed by atoms with Gasteiger partial charge in [0.2, 0.25) is 0 Å². The molecular weight excluding hydrogens is 684 g/mol. The summed E-state index contributed by atoms with van der Waals surface area (Å²) in [7, 11) is 1.30. The fraction of sp³-hybridized carbons (Fsp3) is 0.892. The maximum Gasteiger partial charge on any atom is 0.331 e. The van der Waals surface area contributed by atoms with Crippen LogP contribution >= 0.6 is 0 Å². The average Bonchev–Trinajstić information content (AvgIpc) is 3.63. The molecule has 6 N–H and O–H groups in total. The Labute approximate surface area is 303 Å². The summed E-state index contributed by atoms with van der Waals surface area (Å²) in [5.74, 6) is -0.201. The lowest BCUT2D eigenvalue weighted by Crippen LogP contribution is -2.64. The van der Waals surface area contributed by atoms with Crippen molar-refractivity contribution in [3.63, 3.8) is 0 Å². The zero-order valence-corrected chi connectivity index (χ0v) is 30.3. The summed E-state index contributed by atoms with van der Waals surface area (Å²) >= 11 is 0. The molecule has 0 aromatic heterocycles. The van der Waals surface area contributed by atoms with Crippen LogP contribution in [0.1, 0.15) is 72.1 Å². The number of aliphatic hydroxyl groups is 6. The molecule has 0 unspecified atom stereocenters. The van der Waals surface area contributed by atoms with Crippen molar-refractivity contribution in [1.82, 2.24) is 0 Å². The minimum absolute atomic E-state index is 0.00970. The molecule has 15 nitrogen and oxygen atoms in total. The quantitative estimate of drug-likeness (QED) is 0.105. The summed E-state index contributed by atoms with van der Waals surface area (Å²) < 4.78 is 40.0. The molecule has 3 aliphatic heterocycles. The highest BCUT2D eigenvalue weighted by atomic mass is 16.7. The second kappa shape index (κ2) is 14.4. The van der Waals surface area contributed by atoms with Gasteiger partial charge in [-0.25, -0.2) is 4.79 Å². The van der Waals surface area contributed by atoms with Gasteiger partial charge in [0.15, 0.2) is 12.6 Å². The highest BCUT2D eigenvalue weighted by Gasteiger charge is 2.71. The molecule has 0 aromatic rings. The minimum Gasteiger partial charge on any atom is -0.464 e. The number of carbonyl (C=O) groups excluding carboxylic acids is 2. The van der Waals surface area contributed by atoms with Crippen LogP contribution in [0.15, 0.2) is 11.6 Å². The molecule has 2 saturated heterocycles. The van der Waals surface area contributed by atoms with E-state index in [1.807, 2.05) is 0 Å². The third kappa shape index (κ3) is 6.06. The predicted molar refractivity (Wildman–Crippen MR) is 177 cm³/mol. The van der Waals surface area contributed by atoms with Crippen LogP contribution in [0.5, 0.6) is 0 Å². The first kappa shape index (κ1) is 38.5. The Morgan fingerprint density at radius 1 is 0.923 bits per heavy atom. The van der Waals surface area contributed by atoms with Gasteiger partial charge in [0.05, 0.1) is 24.4 Å². The summed E-state index contributed by atoms with van der Waals surface area (Å²) in [6.07, 6.45) is -5.73. The van der Waals surface area contributed by atoms with Gasteiger partial charge in [-0.15, -0.1) is 0 Å². The fourth-order valence-electron chi connectivity index (χ4n) is 11.8. The second-order valence-corrected chi connectivity index (χ2v) is 16.9. The highest BCUT2D eigenvalue weighted by molar-refractivity contribution is 5.85. The first-order valence-corrected chi connectivity index (χ1v) is 18.9. The van der Waals surface area contributed by atoms with Crippen molar-refractivity contribution < 1.29 is 73.4 Å². The van der Waals surface area contributed by atoms with Gasteiger partial charge in [-0.1, -0.05) is 13.8 Å². The van der Waals surface area contributed by atoms with Gasteiger partial charge >= 0.3 is 5.97 Å². The van der Waals surface area contributed by atoms with E-state index in [0.717, 1.165) is 44.1 Å². The van der Waals surface area contributed by atoms with E-state index in [1.165, 1.54) is 13.2 Å². The first-order chi connectivity index (χ1) is 24.7. The Kier molecular flexibility index (Phi) is 10.7. The number of methoxy groups -OCH3 is 1. The first-order valence-electron chi connectivity index (χ1n) is 18.9. The molecule has 6 fully saturated rings. The molecule has 3 heterocycles. The predicted octanol–water partition coefficient (Wildman–Crippen LogP) is 0.0859. The van der Waals surface area contributed by atoms with Crippen LogP contribution in [0, 0.1) is 34.5 Å². The SMILES string of the molecule is CO[C@H]1[C@H](O)[C@@H](O[C@@H]2[C@@H](O)[C@H](O)[C@@H](O[C@H]3CC[C@]4(C)[C@@H](CC[C@@H]5[C@H]4CC[C@@]4(C)[C@H](C6=CC(=O)OC6)[C@@H](OC=O)C[C@@]54O)C3)O[C@H]2C)O[C@@H](CO)[C@@H]1O. The van der Waals surface area contributed by atoms with E-state index in [9.17, 15) is 40.2 Å². The molecule has 0 aromatic carbocycles. The molecule has 294 valence electrons. The normalized spacial score (nSPS) is 53.3. The Hall–Kier alpha value is -1.76. The van der Waals surface area contributed by atoms with Crippen LogP contribution in [0.2, 0.25) is 0 Å². The Morgan fingerprint density at radius 2 is 1.67 bits per heavy atom. The number of hydrogen-bond donors (Lipinski definition) is 6. The molecule has 52 heavy (non-hydrogen) atoms. The number of aliphatic hydroxyl groups excluding tert-OH is 5. The van der Waals surface area contributed by atoms with Crippen LogP contribution in [0.3, 0.4) is 0 Å². The van der Waals surface area contributed by atoms with E-state index in [2.05, 4.69) is 13.8 Å². The van der Waals surface area contributed by atoms with Crippen LogP contribution in [0.25, 0.3) is 0 Å². The molecule has 7 rings (SSSR count). The maximum absolute atomic E-state index is 12.7. The lowest BCUT2D eigenvalue weighted by Gasteiger charge is -2.63. The zero-order valence-electron chi connectivity index (χ0n) is 30.3. The van der Waals surface area contributed by atoms with Crippen LogP contribution < -0.4 is 0 Å². The van der Waals surface area contributed by atoms with Crippen LogP contribution in [0.4, 0.5) is 0 Å². The number of rotatable bonds is 9. The molecular formula is C37H56O15. The monoisotopic (exact) mass is 740 g/mol. The van der Waals surface area contributed by atoms with Gasteiger partial charge in [-0.05, 0) is 80.6 Å². The Morgan fingerprint density at radius 3 is 2.35 bits per heavy atom. The van der Waals surface area contributed by atoms with Gasteiger partial charge in [-0.2, -0.15) is 0 Å². The Balaban J connectivity index is 0.999. The zero-order chi connectivity index (χ0) is 37.3. The Bertz CT molecular complexity index is 1360. The fourth-order valence-corrected chi connectivity index (χ4v) is 11.8. The molecule has 7 aliphatic rings. The van der Waals surface area contributed by atoms with Crippen LogP contribution in [-0.2, 0) is 42.7 Å². The number of ether oxygens (including phenoxy) is 7. The third-order valence-corrected chi connectivity index (χ3v) is 14.6.